The number of hydrogen-bond acceptors (Lipinski definition) is 17. The van der Waals surface area contributed by atoms with Crippen LogP contribution in [0.3, 0.4) is 0 Å². The van der Waals surface area contributed by atoms with Gasteiger partial charge in [0.1, 0.15) is 23.6 Å². The molecule has 2 aromatic heterocycles. The van der Waals surface area contributed by atoms with E-state index < -0.39 is 6.03 Å². The van der Waals surface area contributed by atoms with Gasteiger partial charge in [-0.3, -0.25) is 14.6 Å². The van der Waals surface area contributed by atoms with Crippen molar-refractivity contribution in [2.45, 2.75) is 57.2 Å². The fourth-order valence-electron chi connectivity index (χ4n) is 11.3. The Kier molecular flexibility index (Phi) is 19.1. The van der Waals surface area contributed by atoms with Crippen molar-refractivity contribution in [1.29, 1.82) is 0 Å². The van der Waals surface area contributed by atoms with Gasteiger partial charge >= 0.3 is 12.1 Å². The third-order valence-electron chi connectivity index (χ3n) is 16.6. The third kappa shape index (κ3) is 13.9. The van der Waals surface area contributed by atoms with Gasteiger partial charge in [-0.1, -0.05) is 23.2 Å². The van der Waals surface area contributed by atoms with E-state index >= 15 is 0 Å². The van der Waals surface area contributed by atoms with Crippen molar-refractivity contribution in [3.63, 3.8) is 0 Å². The fraction of sp³-hybridized carbons (Fsp3) is 0.459. The lowest BCUT2D eigenvalue weighted by atomic mass is 9.66. The molecule has 0 radical (unpaired) electrons. The van der Waals surface area contributed by atoms with Gasteiger partial charge in [0.2, 0.25) is 17.7 Å². The zero-order valence-electron chi connectivity index (χ0n) is 47.8. The standard InChI is InChI=1S/C61H69Cl2N9O14/c1-78-50-24-41-47(26-52(50)81-20-3-4-54(74)71-16-10-36(30-73)11-17-71)64-15-9-49(41)85-39-5-7-45(43(62)22-39)70-60(77)66-29-38-33-83-56(38)57-61(34-84-57)13-18-72(19-14-61)55(75)12-21-82-53-27-48-42(25-51(53)79-2)58(68-35-67-48)86-40-6-8-46(44(63)23-40)69-59(76)65-28-37-31-80-32-37/h5-9,15,22-27,35-38,56-57,73H,3-4,10-14,16-21,28-34H2,1-2H3,(H2,65,69,76)(H2,66,70,77). The summed E-state index contributed by atoms with van der Waals surface area (Å²) in [6, 6.07) is 17.8. The molecule has 5 aliphatic rings. The molecule has 6 amide bonds. The number of likely N-dealkylation sites (tertiary alicyclic amines) is 2. The fourth-order valence-corrected chi connectivity index (χ4v) is 11.8. The number of aromatic nitrogens is 3. The minimum absolute atomic E-state index is 0.0236. The first-order chi connectivity index (χ1) is 41.8. The number of nitrogens with one attached hydrogen (secondary N) is 4. The van der Waals surface area contributed by atoms with Crippen molar-refractivity contribution in [2.24, 2.45) is 23.2 Å². The zero-order chi connectivity index (χ0) is 59.7. The Morgan fingerprint density at radius 2 is 1.29 bits per heavy atom. The van der Waals surface area contributed by atoms with E-state index in [0.717, 1.165) is 25.7 Å². The number of ether oxygens (including phenoxy) is 9. The van der Waals surface area contributed by atoms with Crippen molar-refractivity contribution in [1.82, 2.24) is 35.4 Å². The van der Waals surface area contributed by atoms with Crippen LogP contribution >= 0.6 is 23.2 Å². The molecule has 7 heterocycles. The van der Waals surface area contributed by atoms with Crippen LogP contribution in [0.15, 0.2) is 79.3 Å². The van der Waals surface area contributed by atoms with Crippen molar-refractivity contribution in [3.05, 3.63) is 89.3 Å². The van der Waals surface area contributed by atoms with Crippen molar-refractivity contribution >= 4 is 80.3 Å². The van der Waals surface area contributed by atoms with Gasteiger partial charge in [-0.25, -0.2) is 19.6 Å². The molecule has 11 rings (SSSR count). The largest absolute Gasteiger partial charge is 0.493 e. The number of methoxy groups -OCH3 is 2. The van der Waals surface area contributed by atoms with Crippen molar-refractivity contribution < 1.29 is 66.9 Å². The minimum atomic E-state index is -0.423. The lowest BCUT2D eigenvalue weighted by molar-refractivity contribution is -0.291. The van der Waals surface area contributed by atoms with Crippen LogP contribution in [0, 0.1) is 23.2 Å². The van der Waals surface area contributed by atoms with E-state index in [1.54, 1.807) is 80.0 Å². The van der Waals surface area contributed by atoms with E-state index in [0.29, 0.717) is 164 Å². The highest BCUT2D eigenvalue weighted by Crippen LogP contribution is 2.50. The first-order valence-corrected chi connectivity index (χ1v) is 29.7. The van der Waals surface area contributed by atoms with Crippen LogP contribution in [0.4, 0.5) is 21.0 Å². The summed E-state index contributed by atoms with van der Waals surface area (Å²) in [6.45, 7) is 6.25. The molecule has 5 fully saturated rings. The van der Waals surface area contributed by atoms with E-state index in [2.05, 4.69) is 36.2 Å². The van der Waals surface area contributed by atoms with Gasteiger partial charge < -0.3 is 78.8 Å². The molecule has 5 N–H and O–H groups in total. The second kappa shape index (κ2) is 27.4. The molecule has 456 valence electrons. The Morgan fingerprint density at radius 1 is 0.663 bits per heavy atom. The number of aliphatic hydroxyl groups is 1. The molecule has 6 aromatic rings. The molecule has 0 aliphatic carbocycles. The summed E-state index contributed by atoms with van der Waals surface area (Å²) in [6.07, 6.45) is 6.85. The Bertz CT molecular complexity index is 3440. The maximum absolute atomic E-state index is 13.5. The van der Waals surface area contributed by atoms with Gasteiger partial charge in [-0.05, 0) is 80.5 Å². The number of anilines is 2. The van der Waals surface area contributed by atoms with Gasteiger partial charge in [0.05, 0.1) is 110 Å². The van der Waals surface area contributed by atoms with Gasteiger partial charge in [0.15, 0.2) is 23.0 Å². The average molecular weight is 1220 g/mol. The molecule has 3 unspecified atom stereocenters. The van der Waals surface area contributed by atoms with E-state index in [4.69, 9.17) is 65.8 Å². The van der Waals surface area contributed by atoms with Crippen LogP contribution in [0.5, 0.6) is 46.1 Å². The summed E-state index contributed by atoms with van der Waals surface area (Å²) >= 11 is 13.2. The summed E-state index contributed by atoms with van der Waals surface area (Å²) in [4.78, 5) is 69.0. The zero-order valence-corrected chi connectivity index (χ0v) is 49.3. The van der Waals surface area contributed by atoms with Gasteiger partial charge in [0, 0.05) is 105 Å². The molecule has 4 aromatic carbocycles. The van der Waals surface area contributed by atoms with Crippen LogP contribution < -0.4 is 49.7 Å². The van der Waals surface area contributed by atoms with Crippen molar-refractivity contribution in [3.8, 4) is 46.1 Å². The Morgan fingerprint density at radius 3 is 1.90 bits per heavy atom. The highest BCUT2D eigenvalue weighted by molar-refractivity contribution is 6.34. The molecule has 3 atom stereocenters. The van der Waals surface area contributed by atoms with Crippen LogP contribution in [0.1, 0.15) is 44.9 Å². The predicted molar refractivity (Wildman–Crippen MR) is 318 cm³/mol. The summed E-state index contributed by atoms with van der Waals surface area (Å²) < 4.78 is 53.4. The molecule has 0 bridgehead atoms. The predicted octanol–water partition coefficient (Wildman–Crippen LogP) is 8.86. The molecular weight excluding hydrogens is 1150 g/mol. The number of carbonyl (C=O) groups excluding carboxylic acids is 4. The second-order valence-corrected chi connectivity index (χ2v) is 23.0. The molecule has 5 aliphatic heterocycles. The molecule has 1 spiro atoms. The highest BCUT2D eigenvalue weighted by atomic mass is 35.5. The molecule has 5 saturated heterocycles. The average Bonchev–Trinajstić information content (AvgIpc) is 0.813. The molecule has 25 heteroatoms. The second-order valence-electron chi connectivity index (χ2n) is 22.2. The number of amides is 6. The third-order valence-corrected chi connectivity index (χ3v) is 17.2. The van der Waals surface area contributed by atoms with Gasteiger partial charge in [-0.15, -0.1) is 0 Å². The number of halogens is 2. The first kappa shape index (κ1) is 60.0. The summed E-state index contributed by atoms with van der Waals surface area (Å²) in [7, 11) is 3.07. The maximum atomic E-state index is 13.5. The number of urea groups is 2. The lowest BCUT2D eigenvalue weighted by Crippen LogP contribution is -2.67. The lowest BCUT2D eigenvalue weighted by Gasteiger charge is -2.58. The van der Waals surface area contributed by atoms with E-state index in [-0.39, 0.29) is 82.9 Å². The topological polar surface area (TPSA) is 265 Å². The first-order valence-electron chi connectivity index (χ1n) is 28.9. The number of carbonyl (C=O) groups is 4. The van der Waals surface area contributed by atoms with Crippen LogP contribution in [0.25, 0.3) is 21.8 Å². The van der Waals surface area contributed by atoms with Gasteiger partial charge in [-0.2, -0.15) is 0 Å². The van der Waals surface area contributed by atoms with E-state index in [1.165, 1.54) is 13.4 Å². The normalized spacial score (nSPS) is 19.2. The van der Waals surface area contributed by atoms with E-state index in [9.17, 15) is 24.3 Å². The number of piperidine rings is 2. The number of nitrogens with zero attached hydrogens (tertiary/aromatic N) is 5. The van der Waals surface area contributed by atoms with Gasteiger partial charge in [0.25, 0.3) is 0 Å². The Hall–Kier alpha value is -7.67. The number of pyridine rings is 1. The van der Waals surface area contributed by atoms with Crippen LogP contribution in [-0.4, -0.2) is 166 Å². The molecule has 0 saturated carbocycles. The summed E-state index contributed by atoms with van der Waals surface area (Å²) in [5, 5.41) is 22.6. The Balaban J connectivity index is 0.606. The van der Waals surface area contributed by atoms with Crippen LogP contribution in [-0.2, 0) is 23.8 Å². The number of benzene rings is 4. The SMILES string of the molecule is COc1cc2c(Oc3ccc(NC(=O)NCC4COC4C4OCC45CCN(C(=O)CCOc4cc6ncnc(Oc7ccc(NC(=O)NCC8COC8)c(Cl)c7)c6cc4OC)CC5)c(Cl)c3)ccnc2cc1OCCCC(=O)N1CCC(CO)CC1. The molecular formula is C61H69Cl2N9O14. The Labute approximate surface area is 506 Å². The number of fused-ring (bicyclic) bond motifs is 2. The van der Waals surface area contributed by atoms with Crippen molar-refractivity contribution in [2.75, 3.05) is 110 Å². The minimum Gasteiger partial charge on any atom is -0.493 e. The monoisotopic (exact) mass is 1220 g/mol. The number of aliphatic hydroxyl groups excluding tert-OH is 1. The smallest absolute Gasteiger partial charge is 0.319 e. The number of rotatable bonds is 23. The quantitative estimate of drug-likeness (QED) is 0.0375. The molecule has 23 nitrogen and oxygen atoms in total. The van der Waals surface area contributed by atoms with Crippen LogP contribution in [0.2, 0.25) is 10.0 Å². The molecule has 86 heavy (non-hydrogen) atoms. The maximum Gasteiger partial charge on any atom is 0.319 e. The highest BCUT2D eigenvalue weighted by Gasteiger charge is 2.57. The van der Waals surface area contributed by atoms with E-state index in [1.807, 2.05) is 9.80 Å². The number of hydrogen-bond donors (Lipinski definition) is 5. The summed E-state index contributed by atoms with van der Waals surface area (Å²) in [5.74, 6) is 4.03. The summed E-state index contributed by atoms with van der Waals surface area (Å²) in [5.41, 5.74) is 1.82.